The number of rotatable bonds is 5. The molecule has 0 aliphatic heterocycles. The first-order chi connectivity index (χ1) is 8.65. The van der Waals surface area contributed by atoms with Gasteiger partial charge in [0.15, 0.2) is 0 Å². The summed E-state index contributed by atoms with van der Waals surface area (Å²) in [6, 6.07) is 7.99. The maximum atomic E-state index is 5.82. The molecule has 0 saturated heterocycles. The first-order valence-corrected chi connectivity index (χ1v) is 6.23. The second-order valence-corrected chi connectivity index (χ2v) is 4.49. The predicted molar refractivity (Wildman–Crippen MR) is 72.1 cm³/mol. The van der Waals surface area contributed by atoms with E-state index >= 15 is 0 Å². The summed E-state index contributed by atoms with van der Waals surface area (Å²) in [6.45, 7) is 6.66. The number of benzene rings is 1. The Bertz CT molecular complexity index is 521. The van der Waals surface area contributed by atoms with Crippen LogP contribution in [-0.2, 0) is 4.74 Å². The van der Waals surface area contributed by atoms with Gasteiger partial charge in [0, 0.05) is 12.0 Å². The molecule has 0 aliphatic carbocycles. The highest BCUT2D eigenvalue weighted by Gasteiger charge is 2.22. The Morgan fingerprint density at radius 2 is 2.17 bits per heavy atom. The highest BCUT2D eigenvalue weighted by Crippen LogP contribution is 2.27. The van der Waals surface area contributed by atoms with Crippen molar-refractivity contribution in [2.75, 3.05) is 6.61 Å². The third-order valence-corrected chi connectivity index (χ3v) is 3.08. The van der Waals surface area contributed by atoms with Crippen LogP contribution in [0.25, 0.3) is 11.0 Å². The van der Waals surface area contributed by atoms with Crippen molar-refractivity contribution in [2.45, 2.75) is 32.9 Å². The number of hydrazine groups is 1. The van der Waals surface area contributed by atoms with E-state index in [4.69, 9.17) is 15.0 Å². The van der Waals surface area contributed by atoms with Crippen LogP contribution in [0, 0.1) is 6.92 Å². The Labute approximate surface area is 107 Å². The van der Waals surface area contributed by atoms with Crippen molar-refractivity contribution in [2.24, 2.45) is 5.84 Å². The van der Waals surface area contributed by atoms with Gasteiger partial charge >= 0.3 is 0 Å². The fourth-order valence-corrected chi connectivity index (χ4v) is 2.14. The minimum atomic E-state index is -0.141. The maximum Gasteiger partial charge on any atom is 0.134 e. The number of nitrogens with two attached hydrogens (primary N) is 1. The Balaban J connectivity index is 2.33. The number of nitrogens with one attached hydrogen (secondary N) is 1. The molecule has 0 bridgehead atoms. The van der Waals surface area contributed by atoms with Crippen LogP contribution in [0.5, 0.6) is 0 Å². The van der Waals surface area contributed by atoms with Crippen LogP contribution in [0.2, 0.25) is 0 Å². The molecule has 18 heavy (non-hydrogen) atoms. The number of furan rings is 1. The lowest BCUT2D eigenvalue weighted by molar-refractivity contribution is 0.0418. The van der Waals surface area contributed by atoms with Crippen LogP contribution >= 0.6 is 0 Å². The van der Waals surface area contributed by atoms with Gasteiger partial charge in [-0.3, -0.25) is 5.84 Å². The molecule has 1 aromatic carbocycles. The molecule has 0 spiro atoms. The van der Waals surface area contributed by atoms with Crippen molar-refractivity contribution >= 4 is 11.0 Å². The highest BCUT2D eigenvalue weighted by molar-refractivity contribution is 5.78. The van der Waals surface area contributed by atoms with Gasteiger partial charge in [-0.1, -0.05) is 11.6 Å². The molecule has 3 N–H and O–H groups in total. The zero-order valence-corrected chi connectivity index (χ0v) is 11.1. The van der Waals surface area contributed by atoms with E-state index in [1.165, 1.54) is 5.56 Å². The monoisotopic (exact) mass is 248 g/mol. The first-order valence-electron chi connectivity index (χ1n) is 6.23. The van der Waals surface area contributed by atoms with Crippen LogP contribution in [0.4, 0.5) is 0 Å². The van der Waals surface area contributed by atoms with Gasteiger partial charge in [0.2, 0.25) is 0 Å². The summed E-state index contributed by atoms with van der Waals surface area (Å²) >= 11 is 0. The molecule has 0 saturated carbocycles. The summed E-state index contributed by atoms with van der Waals surface area (Å²) in [5, 5.41) is 1.09. The smallest absolute Gasteiger partial charge is 0.134 e. The zero-order chi connectivity index (χ0) is 13.1. The van der Waals surface area contributed by atoms with E-state index < -0.39 is 0 Å². The minimum Gasteiger partial charge on any atom is -0.459 e. The van der Waals surface area contributed by atoms with Gasteiger partial charge in [0.05, 0.1) is 6.10 Å². The van der Waals surface area contributed by atoms with Crippen LogP contribution in [-0.4, -0.2) is 12.7 Å². The summed E-state index contributed by atoms with van der Waals surface area (Å²) in [5.74, 6) is 6.40. The maximum absolute atomic E-state index is 5.82. The zero-order valence-electron chi connectivity index (χ0n) is 11.1. The third-order valence-electron chi connectivity index (χ3n) is 3.08. The van der Waals surface area contributed by atoms with Gasteiger partial charge < -0.3 is 9.15 Å². The lowest BCUT2D eigenvalue weighted by Gasteiger charge is -2.20. The first kappa shape index (κ1) is 13.1. The molecule has 1 heterocycles. The van der Waals surface area contributed by atoms with E-state index in [0.29, 0.717) is 6.61 Å². The molecule has 2 atom stereocenters. The third kappa shape index (κ3) is 2.56. The average Bonchev–Trinajstić information content (AvgIpc) is 2.72. The van der Waals surface area contributed by atoms with Crippen molar-refractivity contribution in [3.63, 3.8) is 0 Å². The van der Waals surface area contributed by atoms with Gasteiger partial charge in [-0.25, -0.2) is 5.43 Å². The molecule has 0 aliphatic rings. The van der Waals surface area contributed by atoms with E-state index in [9.17, 15) is 0 Å². The minimum absolute atomic E-state index is 0.0401. The highest BCUT2D eigenvalue weighted by atomic mass is 16.5. The van der Waals surface area contributed by atoms with E-state index in [-0.39, 0.29) is 12.1 Å². The van der Waals surface area contributed by atoms with Gasteiger partial charge in [-0.15, -0.1) is 0 Å². The summed E-state index contributed by atoms with van der Waals surface area (Å²) in [5.41, 5.74) is 4.85. The van der Waals surface area contributed by atoms with Crippen LogP contribution in [0.3, 0.4) is 0 Å². The lowest BCUT2D eigenvalue weighted by atomic mass is 10.1. The SMILES string of the molecule is CCOC(C)C(NN)c1cc2cc(C)ccc2o1. The standard InChI is InChI=1S/C14H20N2O2/c1-4-17-10(3)14(16-15)13-8-11-7-9(2)5-6-12(11)18-13/h5-8,10,14,16H,4,15H2,1-3H3. The number of ether oxygens (including phenoxy) is 1. The quantitative estimate of drug-likeness (QED) is 0.631. The second-order valence-electron chi connectivity index (χ2n) is 4.49. The Morgan fingerprint density at radius 3 is 2.83 bits per heavy atom. The van der Waals surface area contributed by atoms with Crippen molar-refractivity contribution in [1.29, 1.82) is 0 Å². The van der Waals surface area contributed by atoms with Crippen LogP contribution in [0.15, 0.2) is 28.7 Å². The molecule has 4 nitrogen and oxygen atoms in total. The summed E-state index contributed by atoms with van der Waals surface area (Å²) in [7, 11) is 0. The van der Waals surface area contributed by atoms with Gasteiger partial charge in [0.25, 0.3) is 0 Å². The Kier molecular flexibility index (Phi) is 4.01. The molecule has 1 aromatic heterocycles. The number of hydrogen-bond acceptors (Lipinski definition) is 4. The van der Waals surface area contributed by atoms with Crippen LogP contribution < -0.4 is 11.3 Å². The van der Waals surface area contributed by atoms with Crippen LogP contribution in [0.1, 0.15) is 31.2 Å². The van der Waals surface area contributed by atoms with Crippen molar-refractivity contribution in [3.05, 3.63) is 35.6 Å². The molecular formula is C14H20N2O2. The van der Waals surface area contributed by atoms with E-state index in [1.54, 1.807) is 0 Å². The normalized spacial score (nSPS) is 14.9. The molecule has 2 rings (SSSR count). The second kappa shape index (κ2) is 5.52. The molecule has 0 fully saturated rings. The largest absolute Gasteiger partial charge is 0.459 e. The van der Waals surface area contributed by atoms with E-state index in [0.717, 1.165) is 16.7 Å². The lowest BCUT2D eigenvalue weighted by Crippen LogP contribution is -2.36. The van der Waals surface area contributed by atoms with E-state index in [2.05, 4.69) is 18.4 Å². The number of fused-ring (bicyclic) bond motifs is 1. The summed E-state index contributed by atoms with van der Waals surface area (Å²) in [4.78, 5) is 0. The van der Waals surface area contributed by atoms with Gasteiger partial charge in [0.1, 0.15) is 17.4 Å². The Morgan fingerprint density at radius 1 is 1.39 bits per heavy atom. The molecule has 2 unspecified atom stereocenters. The van der Waals surface area contributed by atoms with Gasteiger partial charge in [-0.05, 0) is 39.0 Å². The molecule has 98 valence electrons. The summed E-state index contributed by atoms with van der Waals surface area (Å²) < 4.78 is 11.4. The predicted octanol–water partition coefficient (Wildman–Crippen LogP) is 2.67. The fourth-order valence-electron chi connectivity index (χ4n) is 2.14. The average molecular weight is 248 g/mol. The molecule has 0 amide bonds. The molecule has 0 radical (unpaired) electrons. The van der Waals surface area contributed by atoms with Crippen molar-refractivity contribution < 1.29 is 9.15 Å². The topological polar surface area (TPSA) is 60.4 Å². The van der Waals surface area contributed by atoms with Crippen molar-refractivity contribution in [1.82, 2.24) is 5.43 Å². The molecular weight excluding hydrogens is 228 g/mol. The number of aryl methyl sites for hydroxylation is 1. The van der Waals surface area contributed by atoms with Gasteiger partial charge in [-0.2, -0.15) is 0 Å². The van der Waals surface area contributed by atoms with Crippen molar-refractivity contribution in [3.8, 4) is 0 Å². The number of hydrogen-bond donors (Lipinski definition) is 2. The molecule has 4 heteroatoms. The van der Waals surface area contributed by atoms with E-state index in [1.807, 2.05) is 32.0 Å². The Hall–Kier alpha value is -1.36. The fraction of sp³-hybridized carbons (Fsp3) is 0.429. The summed E-state index contributed by atoms with van der Waals surface area (Å²) in [6.07, 6.45) is -0.0401. The molecule has 2 aromatic rings.